The van der Waals surface area contributed by atoms with E-state index in [0.29, 0.717) is 17.0 Å². The molecule has 0 bridgehead atoms. The quantitative estimate of drug-likeness (QED) is 0.748. The lowest BCUT2D eigenvalue weighted by atomic mass is 10.1. The first kappa shape index (κ1) is 15.8. The van der Waals surface area contributed by atoms with Crippen LogP contribution in [0.2, 0.25) is 0 Å². The van der Waals surface area contributed by atoms with Crippen LogP contribution >= 0.6 is 22.6 Å². The molecule has 6 heteroatoms. The molecule has 1 aliphatic rings. The van der Waals surface area contributed by atoms with Gasteiger partial charge in [0.1, 0.15) is 5.75 Å². The maximum absolute atomic E-state index is 12.3. The molecule has 2 aromatic carbocycles. The average Bonchev–Trinajstić information content (AvgIpc) is 2.54. The van der Waals surface area contributed by atoms with Crippen molar-refractivity contribution >= 4 is 40.1 Å². The minimum Gasteiger partial charge on any atom is -0.482 e. The predicted molar refractivity (Wildman–Crippen MR) is 95.6 cm³/mol. The second kappa shape index (κ2) is 6.57. The Hall–Kier alpha value is -2.09. The lowest BCUT2D eigenvalue weighted by Gasteiger charge is -2.21. The standard InChI is InChI=1S/C17H15IN2O3/c1-10(19-17(22)11-2-5-13(18)6-3-11)12-4-7-15-14(8-12)20-16(21)9-23-15/h2-8,10H,9H2,1H3,(H,19,22)(H,20,21). The Morgan fingerprint density at radius 2 is 2.00 bits per heavy atom. The van der Waals surface area contributed by atoms with Crippen molar-refractivity contribution in [2.75, 3.05) is 11.9 Å². The molecular formula is C17H15IN2O3. The topological polar surface area (TPSA) is 67.4 Å². The van der Waals surface area contributed by atoms with Crippen molar-refractivity contribution in [1.82, 2.24) is 5.32 Å². The third kappa shape index (κ3) is 3.64. The van der Waals surface area contributed by atoms with Crippen molar-refractivity contribution in [3.05, 3.63) is 57.2 Å². The molecule has 2 aromatic rings. The van der Waals surface area contributed by atoms with Gasteiger partial charge in [-0.25, -0.2) is 0 Å². The summed E-state index contributed by atoms with van der Waals surface area (Å²) in [6.45, 7) is 1.93. The van der Waals surface area contributed by atoms with Crippen LogP contribution in [0.5, 0.6) is 5.75 Å². The summed E-state index contributed by atoms with van der Waals surface area (Å²) < 4.78 is 6.41. The highest BCUT2D eigenvalue weighted by atomic mass is 127. The Morgan fingerprint density at radius 3 is 2.74 bits per heavy atom. The molecule has 1 atom stereocenters. The molecule has 23 heavy (non-hydrogen) atoms. The predicted octanol–water partition coefficient (Wildman–Crippen LogP) is 3.11. The summed E-state index contributed by atoms with van der Waals surface area (Å²) in [5.41, 5.74) is 2.15. The van der Waals surface area contributed by atoms with E-state index in [1.165, 1.54) is 0 Å². The summed E-state index contributed by atoms with van der Waals surface area (Å²) in [5, 5.41) is 5.72. The molecule has 3 rings (SSSR count). The van der Waals surface area contributed by atoms with Gasteiger partial charge >= 0.3 is 0 Å². The minimum absolute atomic E-state index is 0.0332. The van der Waals surface area contributed by atoms with Crippen molar-refractivity contribution < 1.29 is 14.3 Å². The second-order valence-corrected chi connectivity index (χ2v) is 6.54. The summed E-state index contributed by atoms with van der Waals surface area (Å²) in [6, 6.07) is 12.7. The van der Waals surface area contributed by atoms with Gasteiger partial charge in [-0.05, 0) is 71.5 Å². The molecule has 118 valence electrons. The molecule has 0 radical (unpaired) electrons. The number of ether oxygens (including phenoxy) is 1. The van der Waals surface area contributed by atoms with Crippen molar-refractivity contribution in [3.8, 4) is 5.75 Å². The van der Waals surface area contributed by atoms with Crippen LogP contribution < -0.4 is 15.4 Å². The van der Waals surface area contributed by atoms with Crippen molar-refractivity contribution in [3.63, 3.8) is 0 Å². The molecule has 1 aliphatic heterocycles. The Kier molecular flexibility index (Phi) is 4.51. The van der Waals surface area contributed by atoms with Gasteiger partial charge in [0.05, 0.1) is 11.7 Å². The molecule has 2 amide bonds. The zero-order chi connectivity index (χ0) is 16.4. The van der Waals surface area contributed by atoms with Crippen molar-refractivity contribution in [2.24, 2.45) is 0 Å². The van der Waals surface area contributed by atoms with Gasteiger partial charge in [-0.2, -0.15) is 0 Å². The zero-order valence-electron chi connectivity index (χ0n) is 12.4. The van der Waals surface area contributed by atoms with Gasteiger partial charge in [0.2, 0.25) is 0 Å². The van der Waals surface area contributed by atoms with E-state index in [1.54, 1.807) is 18.2 Å². The summed E-state index contributed by atoms with van der Waals surface area (Å²) in [7, 11) is 0. The van der Waals surface area contributed by atoms with Crippen LogP contribution in [0, 0.1) is 3.57 Å². The Morgan fingerprint density at radius 1 is 1.26 bits per heavy atom. The SMILES string of the molecule is CC(NC(=O)c1ccc(I)cc1)c1ccc2c(c1)NC(=O)CO2. The number of nitrogens with one attached hydrogen (secondary N) is 2. The number of hydrogen-bond acceptors (Lipinski definition) is 3. The van der Waals surface area contributed by atoms with Gasteiger partial charge in [-0.15, -0.1) is 0 Å². The third-order valence-corrected chi connectivity index (χ3v) is 4.31. The van der Waals surface area contributed by atoms with Gasteiger partial charge < -0.3 is 15.4 Å². The molecule has 1 heterocycles. The van der Waals surface area contributed by atoms with E-state index in [2.05, 4.69) is 33.2 Å². The van der Waals surface area contributed by atoms with E-state index < -0.39 is 0 Å². The first-order chi connectivity index (χ1) is 11.0. The van der Waals surface area contributed by atoms with Crippen LogP contribution in [0.3, 0.4) is 0 Å². The fraction of sp³-hybridized carbons (Fsp3) is 0.176. The third-order valence-electron chi connectivity index (χ3n) is 3.59. The van der Waals surface area contributed by atoms with Gasteiger partial charge in [-0.3, -0.25) is 9.59 Å². The highest BCUT2D eigenvalue weighted by molar-refractivity contribution is 14.1. The first-order valence-electron chi connectivity index (χ1n) is 7.16. The fourth-order valence-corrected chi connectivity index (χ4v) is 2.69. The lowest BCUT2D eigenvalue weighted by molar-refractivity contribution is -0.118. The number of fused-ring (bicyclic) bond motifs is 1. The number of hydrogen-bond donors (Lipinski definition) is 2. The number of amides is 2. The highest BCUT2D eigenvalue weighted by Gasteiger charge is 2.18. The number of benzene rings is 2. The zero-order valence-corrected chi connectivity index (χ0v) is 14.6. The van der Waals surface area contributed by atoms with Crippen molar-refractivity contribution in [1.29, 1.82) is 0 Å². The molecule has 0 saturated carbocycles. The van der Waals surface area contributed by atoms with Gasteiger partial charge in [0.15, 0.2) is 6.61 Å². The van der Waals surface area contributed by atoms with E-state index in [-0.39, 0.29) is 24.5 Å². The Labute approximate surface area is 147 Å². The first-order valence-corrected chi connectivity index (χ1v) is 8.24. The number of rotatable bonds is 3. The molecule has 0 saturated heterocycles. The van der Waals surface area contributed by atoms with Crippen LogP contribution in [-0.2, 0) is 4.79 Å². The maximum atomic E-state index is 12.3. The van der Waals surface area contributed by atoms with E-state index >= 15 is 0 Å². The Balaban J connectivity index is 1.74. The monoisotopic (exact) mass is 422 g/mol. The number of halogens is 1. The molecule has 1 unspecified atom stereocenters. The van der Waals surface area contributed by atoms with E-state index in [0.717, 1.165) is 9.13 Å². The molecule has 5 nitrogen and oxygen atoms in total. The van der Waals surface area contributed by atoms with E-state index in [9.17, 15) is 9.59 Å². The Bertz CT molecular complexity index is 759. The number of carbonyl (C=O) groups excluding carboxylic acids is 2. The summed E-state index contributed by atoms with van der Waals surface area (Å²) >= 11 is 2.20. The summed E-state index contributed by atoms with van der Waals surface area (Å²) in [6.07, 6.45) is 0. The van der Waals surface area contributed by atoms with E-state index in [1.807, 2.05) is 31.2 Å². The molecule has 0 aliphatic carbocycles. The largest absolute Gasteiger partial charge is 0.482 e. The van der Waals surface area contributed by atoms with Crippen molar-refractivity contribution in [2.45, 2.75) is 13.0 Å². The van der Waals surface area contributed by atoms with Crippen LogP contribution in [0.4, 0.5) is 5.69 Å². The fourth-order valence-electron chi connectivity index (χ4n) is 2.33. The number of carbonyl (C=O) groups is 2. The van der Waals surface area contributed by atoms with Gasteiger partial charge in [0, 0.05) is 9.13 Å². The normalized spacial score (nSPS) is 14.3. The molecule has 0 aromatic heterocycles. The minimum atomic E-state index is -0.189. The van der Waals surface area contributed by atoms with Crippen LogP contribution in [0.1, 0.15) is 28.9 Å². The smallest absolute Gasteiger partial charge is 0.262 e. The van der Waals surface area contributed by atoms with Gasteiger partial charge in [0.25, 0.3) is 11.8 Å². The summed E-state index contributed by atoms with van der Waals surface area (Å²) in [5.74, 6) is 0.335. The highest BCUT2D eigenvalue weighted by Crippen LogP contribution is 2.30. The summed E-state index contributed by atoms with van der Waals surface area (Å²) in [4.78, 5) is 23.7. The van der Waals surface area contributed by atoms with Crippen LogP contribution in [0.15, 0.2) is 42.5 Å². The molecule has 0 fully saturated rings. The van der Waals surface area contributed by atoms with E-state index in [4.69, 9.17) is 4.74 Å². The van der Waals surface area contributed by atoms with Gasteiger partial charge in [-0.1, -0.05) is 6.07 Å². The lowest BCUT2D eigenvalue weighted by Crippen LogP contribution is -2.28. The molecule has 0 spiro atoms. The van der Waals surface area contributed by atoms with Crippen LogP contribution in [0.25, 0.3) is 0 Å². The average molecular weight is 422 g/mol. The second-order valence-electron chi connectivity index (χ2n) is 5.29. The molecule has 2 N–H and O–H groups in total. The maximum Gasteiger partial charge on any atom is 0.262 e. The van der Waals surface area contributed by atoms with Crippen LogP contribution in [-0.4, -0.2) is 18.4 Å². The molecular weight excluding hydrogens is 407 g/mol. The number of anilines is 1.